The number of amides is 1. The number of nitrogens with zero attached hydrogens (tertiary/aromatic N) is 1. The molecule has 1 aromatic heterocycles. The molecule has 1 atom stereocenters. The molecule has 1 heterocycles. The number of hydrogen-bond donors (Lipinski definition) is 1. The van der Waals surface area contributed by atoms with E-state index in [1.165, 1.54) is 11.6 Å². The fraction of sp³-hybridized carbons (Fsp3) is 0.360. The first-order valence-electron chi connectivity index (χ1n) is 10.2. The molecule has 0 saturated carbocycles. The second-order valence-electron chi connectivity index (χ2n) is 9.04. The van der Waals surface area contributed by atoms with Crippen LogP contribution in [0, 0.1) is 6.92 Å². The Bertz CT molecular complexity index is 1110. The molecule has 5 nitrogen and oxygen atoms in total. The molecule has 3 rings (SSSR count). The van der Waals surface area contributed by atoms with Gasteiger partial charge in [-0.1, -0.05) is 51.1 Å². The summed E-state index contributed by atoms with van der Waals surface area (Å²) in [6.07, 6.45) is 0. The second kappa shape index (κ2) is 8.44. The van der Waals surface area contributed by atoms with Crippen molar-refractivity contribution in [3.63, 3.8) is 0 Å². The van der Waals surface area contributed by atoms with Gasteiger partial charge in [0.1, 0.15) is 5.58 Å². The van der Waals surface area contributed by atoms with Gasteiger partial charge in [-0.15, -0.1) is 0 Å². The zero-order valence-corrected chi connectivity index (χ0v) is 18.6. The van der Waals surface area contributed by atoms with Gasteiger partial charge in [0, 0.05) is 12.6 Å². The first kappa shape index (κ1) is 21.8. The van der Waals surface area contributed by atoms with Crippen molar-refractivity contribution >= 4 is 16.9 Å². The number of fused-ring (bicyclic) bond motifs is 1. The molecule has 0 bridgehead atoms. The third-order valence-electron chi connectivity index (χ3n) is 5.35. The van der Waals surface area contributed by atoms with Crippen LogP contribution in [0.3, 0.4) is 0 Å². The van der Waals surface area contributed by atoms with Crippen LogP contribution in [0.25, 0.3) is 11.0 Å². The van der Waals surface area contributed by atoms with Crippen molar-refractivity contribution in [1.82, 2.24) is 10.2 Å². The fourth-order valence-corrected chi connectivity index (χ4v) is 3.45. The summed E-state index contributed by atoms with van der Waals surface area (Å²) in [5, 5.41) is 3.39. The third kappa shape index (κ3) is 4.79. The smallest absolute Gasteiger partial charge is 0.287 e. The van der Waals surface area contributed by atoms with Crippen molar-refractivity contribution in [2.45, 2.75) is 39.2 Å². The van der Waals surface area contributed by atoms with Gasteiger partial charge < -0.3 is 14.6 Å². The van der Waals surface area contributed by atoms with E-state index in [1.807, 2.05) is 27.1 Å². The number of likely N-dealkylation sites (N-methyl/N-ethyl adjacent to an activating group) is 1. The molecule has 30 heavy (non-hydrogen) atoms. The molecule has 158 valence electrons. The lowest BCUT2D eigenvalue weighted by molar-refractivity contribution is 0.0914. The highest BCUT2D eigenvalue weighted by Gasteiger charge is 2.19. The Morgan fingerprint density at radius 1 is 1.07 bits per heavy atom. The van der Waals surface area contributed by atoms with E-state index >= 15 is 0 Å². The second-order valence-corrected chi connectivity index (χ2v) is 9.04. The van der Waals surface area contributed by atoms with Gasteiger partial charge in [-0.2, -0.15) is 0 Å². The quantitative estimate of drug-likeness (QED) is 0.681. The number of rotatable bonds is 5. The predicted octanol–water partition coefficient (Wildman–Crippen LogP) is 4.43. The molecule has 0 aliphatic carbocycles. The van der Waals surface area contributed by atoms with Gasteiger partial charge in [0.25, 0.3) is 5.91 Å². The molecule has 0 fully saturated rings. The summed E-state index contributed by atoms with van der Waals surface area (Å²) < 4.78 is 5.71. The summed E-state index contributed by atoms with van der Waals surface area (Å²) >= 11 is 0. The SMILES string of the molecule is Cc1ccc2c(=O)cc(C(=O)NC[C@@H](c3ccc(C(C)(C)C)cc3)N(C)C)oc2c1. The van der Waals surface area contributed by atoms with Crippen LogP contribution in [-0.4, -0.2) is 31.4 Å². The summed E-state index contributed by atoms with van der Waals surface area (Å²) in [6.45, 7) is 8.87. The highest BCUT2D eigenvalue weighted by molar-refractivity contribution is 5.93. The van der Waals surface area contributed by atoms with E-state index in [2.05, 4.69) is 55.3 Å². The highest BCUT2D eigenvalue weighted by atomic mass is 16.3. The minimum atomic E-state index is -0.395. The minimum Gasteiger partial charge on any atom is -0.451 e. The number of carbonyl (C=O) groups excluding carboxylic acids is 1. The van der Waals surface area contributed by atoms with Crippen LogP contribution in [0.5, 0.6) is 0 Å². The fourth-order valence-electron chi connectivity index (χ4n) is 3.45. The molecular weight excluding hydrogens is 376 g/mol. The Morgan fingerprint density at radius 3 is 2.33 bits per heavy atom. The lowest BCUT2D eigenvalue weighted by Gasteiger charge is -2.26. The lowest BCUT2D eigenvalue weighted by atomic mass is 9.86. The maximum Gasteiger partial charge on any atom is 0.287 e. The van der Waals surface area contributed by atoms with Crippen LogP contribution in [0.15, 0.2) is 57.7 Å². The van der Waals surface area contributed by atoms with Crippen LogP contribution >= 0.6 is 0 Å². The van der Waals surface area contributed by atoms with Crippen LogP contribution in [0.4, 0.5) is 0 Å². The Labute approximate surface area is 177 Å². The van der Waals surface area contributed by atoms with Crippen LogP contribution in [-0.2, 0) is 5.41 Å². The Kier molecular flexibility index (Phi) is 6.13. The van der Waals surface area contributed by atoms with Crippen LogP contribution < -0.4 is 10.7 Å². The van der Waals surface area contributed by atoms with Gasteiger partial charge in [0.15, 0.2) is 11.2 Å². The number of aryl methyl sites for hydroxylation is 1. The Balaban J connectivity index is 1.79. The topological polar surface area (TPSA) is 62.6 Å². The molecule has 3 aromatic rings. The molecule has 0 unspecified atom stereocenters. The number of hydrogen-bond acceptors (Lipinski definition) is 4. The molecular formula is C25H30N2O3. The Morgan fingerprint density at radius 2 is 1.73 bits per heavy atom. The first-order valence-corrected chi connectivity index (χ1v) is 10.2. The summed E-state index contributed by atoms with van der Waals surface area (Å²) in [4.78, 5) is 27.1. The highest BCUT2D eigenvalue weighted by Crippen LogP contribution is 2.25. The van der Waals surface area contributed by atoms with Crippen molar-refractivity contribution in [1.29, 1.82) is 0 Å². The molecule has 0 aliphatic rings. The van der Waals surface area contributed by atoms with Crippen molar-refractivity contribution in [3.8, 4) is 0 Å². The number of benzene rings is 2. The van der Waals surface area contributed by atoms with Crippen LogP contribution in [0.2, 0.25) is 0 Å². The van der Waals surface area contributed by atoms with Gasteiger partial charge >= 0.3 is 0 Å². The number of carbonyl (C=O) groups is 1. The van der Waals surface area contributed by atoms with E-state index < -0.39 is 5.91 Å². The zero-order valence-electron chi connectivity index (χ0n) is 18.6. The van der Waals surface area contributed by atoms with Gasteiger partial charge in [0.2, 0.25) is 0 Å². The van der Waals surface area contributed by atoms with E-state index in [-0.39, 0.29) is 22.6 Å². The van der Waals surface area contributed by atoms with Gasteiger partial charge in [0.05, 0.1) is 11.4 Å². The summed E-state index contributed by atoms with van der Waals surface area (Å²) in [5.41, 5.74) is 3.64. The molecule has 1 amide bonds. The van der Waals surface area contributed by atoms with E-state index in [4.69, 9.17) is 4.42 Å². The Hall–Kier alpha value is -2.92. The van der Waals surface area contributed by atoms with Crippen LogP contribution in [0.1, 0.15) is 54.1 Å². The lowest BCUT2D eigenvalue weighted by Crippen LogP contribution is -2.34. The van der Waals surface area contributed by atoms with Gasteiger partial charge in [-0.25, -0.2) is 0 Å². The maximum absolute atomic E-state index is 12.7. The molecule has 1 N–H and O–H groups in total. The molecule has 2 aromatic carbocycles. The standard InChI is InChI=1S/C25H30N2O3/c1-16-7-12-19-21(28)14-23(30-22(19)13-16)24(29)26-15-20(27(5)6)17-8-10-18(11-9-17)25(2,3)4/h7-14,20H,15H2,1-6H3,(H,26,29)/t20-/m0/s1. The van der Waals surface area contributed by atoms with Gasteiger partial charge in [-0.05, 0) is 55.3 Å². The zero-order chi connectivity index (χ0) is 22.1. The average Bonchev–Trinajstić information content (AvgIpc) is 2.67. The maximum atomic E-state index is 12.7. The first-order chi connectivity index (χ1) is 14.1. The monoisotopic (exact) mass is 406 g/mol. The van der Waals surface area contributed by atoms with Crippen molar-refractivity contribution in [3.05, 3.63) is 81.2 Å². The molecule has 0 saturated heterocycles. The predicted molar refractivity (Wildman–Crippen MR) is 121 cm³/mol. The molecule has 0 spiro atoms. The number of nitrogens with one attached hydrogen (secondary N) is 1. The average molecular weight is 407 g/mol. The van der Waals surface area contributed by atoms with Crippen molar-refractivity contribution < 1.29 is 9.21 Å². The normalized spacial score (nSPS) is 12.9. The van der Waals surface area contributed by atoms with E-state index in [1.54, 1.807) is 12.1 Å². The van der Waals surface area contributed by atoms with E-state index in [0.29, 0.717) is 17.5 Å². The summed E-state index contributed by atoms with van der Waals surface area (Å²) in [6, 6.07) is 15.1. The van der Waals surface area contributed by atoms with E-state index in [9.17, 15) is 9.59 Å². The van der Waals surface area contributed by atoms with E-state index in [0.717, 1.165) is 11.1 Å². The third-order valence-corrected chi connectivity index (χ3v) is 5.35. The van der Waals surface area contributed by atoms with Crippen molar-refractivity contribution in [2.24, 2.45) is 0 Å². The minimum absolute atomic E-state index is 0.00242. The summed E-state index contributed by atoms with van der Waals surface area (Å²) in [7, 11) is 3.96. The van der Waals surface area contributed by atoms with Gasteiger partial charge in [-0.3, -0.25) is 9.59 Å². The molecule has 0 aliphatic heterocycles. The molecule has 0 radical (unpaired) electrons. The largest absolute Gasteiger partial charge is 0.451 e. The summed E-state index contributed by atoms with van der Waals surface area (Å²) in [5.74, 6) is -0.368. The van der Waals surface area contributed by atoms with Crippen molar-refractivity contribution in [2.75, 3.05) is 20.6 Å². The molecule has 5 heteroatoms.